The summed E-state index contributed by atoms with van der Waals surface area (Å²) in [6.07, 6.45) is 4.05. The van der Waals surface area contributed by atoms with E-state index in [1.54, 1.807) is 29.4 Å². The highest BCUT2D eigenvalue weighted by molar-refractivity contribution is 7.91. The molecule has 1 aliphatic heterocycles. The van der Waals surface area contributed by atoms with Gasteiger partial charge in [-0.25, -0.2) is 8.42 Å². The molecule has 146 valence electrons. The number of likely N-dealkylation sites (N-methyl/N-ethyl adjacent to an activating group) is 1. The first-order chi connectivity index (χ1) is 12.7. The summed E-state index contributed by atoms with van der Waals surface area (Å²) >= 11 is 1.61. The molecule has 6 nitrogen and oxygen atoms in total. The zero-order valence-electron chi connectivity index (χ0n) is 16.1. The topological polar surface area (TPSA) is 72.3 Å². The molecule has 8 heteroatoms. The summed E-state index contributed by atoms with van der Waals surface area (Å²) < 4.78 is 25.4. The van der Waals surface area contributed by atoms with Crippen molar-refractivity contribution in [1.29, 1.82) is 0 Å². The summed E-state index contributed by atoms with van der Waals surface area (Å²) in [6, 6.07) is 1.92. The van der Waals surface area contributed by atoms with Crippen LogP contribution in [0.15, 0.2) is 17.5 Å². The number of amides is 1. The average Bonchev–Trinajstić information content (AvgIpc) is 3.25. The third kappa shape index (κ3) is 4.32. The summed E-state index contributed by atoms with van der Waals surface area (Å²) in [5.41, 5.74) is 3.92. The minimum absolute atomic E-state index is 0.0715. The van der Waals surface area contributed by atoms with Gasteiger partial charge in [0.1, 0.15) is 0 Å². The fraction of sp³-hybridized carbons (Fsp3) is 0.474. The number of rotatable bonds is 5. The number of hydrogen-bond donors (Lipinski definition) is 0. The Labute approximate surface area is 164 Å². The number of hydrogen-bond acceptors (Lipinski definition) is 5. The van der Waals surface area contributed by atoms with E-state index >= 15 is 0 Å². The van der Waals surface area contributed by atoms with Gasteiger partial charge in [-0.15, -0.1) is 11.3 Å². The number of carbonyl (C=O) groups is 1. The molecule has 0 aromatic carbocycles. The minimum atomic E-state index is -2.97. The molecule has 0 aliphatic carbocycles. The van der Waals surface area contributed by atoms with Gasteiger partial charge in [0.25, 0.3) is 0 Å². The van der Waals surface area contributed by atoms with E-state index in [4.69, 9.17) is 0 Å². The van der Waals surface area contributed by atoms with Crippen LogP contribution in [0, 0.1) is 20.8 Å². The Balaban J connectivity index is 1.72. The molecule has 0 bridgehead atoms. The van der Waals surface area contributed by atoms with Crippen molar-refractivity contribution in [3.05, 3.63) is 44.9 Å². The second kappa shape index (κ2) is 7.59. The van der Waals surface area contributed by atoms with Crippen molar-refractivity contribution in [2.24, 2.45) is 0 Å². The molecule has 2 aromatic heterocycles. The third-order valence-corrected chi connectivity index (χ3v) is 7.81. The Kier molecular flexibility index (Phi) is 5.58. The van der Waals surface area contributed by atoms with Crippen LogP contribution in [0.25, 0.3) is 6.08 Å². The molecule has 27 heavy (non-hydrogen) atoms. The first kappa shape index (κ1) is 19.8. The van der Waals surface area contributed by atoms with Gasteiger partial charge >= 0.3 is 0 Å². The van der Waals surface area contributed by atoms with Crippen LogP contribution in [0.4, 0.5) is 0 Å². The molecule has 0 N–H and O–H groups in total. The number of thiophene rings is 1. The Hall–Kier alpha value is -1.93. The van der Waals surface area contributed by atoms with E-state index in [9.17, 15) is 13.2 Å². The maximum atomic E-state index is 12.5. The summed E-state index contributed by atoms with van der Waals surface area (Å²) in [4.78, 5) is 15.2. The second-order valence-electron chi connectivity index (χ2n) is 7.15. The molecule has 0 spiro atoms. The highest BCUT2D eigenvalue weighted by Crippen LogP contribution is 2.27. The Morgan fingerprint density at radius 3 is 2.74 bits per heavy atom. The number of sulfone groups is 1. The van der Waals surface area contributed by atoms with Gasteiger partial charge in [-0.05, 0) is 50.3 Å². The fourth-order valence-electron chi connectivity index (χ4n) is 3.39. The molecule has 1 atom stereocenters. The van der Waals surface area contributed by atoms with Gasteiger partial charge in [-0.3, -0.25) is 9.48 Å². The lowest BCUT2D eigenvalue weighted by atomic mass is 10.1. The molecular weight excluding hydrogens is 382 g/mol. The molecule has 1 aliphatic rings. The van der Waals surface area contributed by atoms with Gasteiger partial charge in [0, 0.05) is 35.8 Å². The molecule has 0 radical (unpaired) electrons. The predicted molar refractivity (Wildman–Crippen MR) is 109 cm³/mol. The Bertz CT molecular complexity index is 986. The third-order valence-electron chi connectivity index (χ3n) is 5.08. The van der Waals surface area contributed by atoms with Crippen LogP contribution in [0.2, 0.25) is 0 Å². The van der Waals surface area contributed by atoms with Gasteiger partial charge in [0.05, 0.1) is 23.2 Å². The first-order valence-electron chi connectivity index (χ1n) is 8.90. The van der Waals surface area contributed by atoms with E-state index in [1.807, 2.05) is 43.0 Å². The zero-order chi connectivity index (χ0) is 19.8. The van der Waals surface area contributed by atoms with Gasteiger partial charge in [0.15, 0.2) is 9.84 Å². The zero-order valence-corrected chi connectivity index (χ0v) is 17.7. The fourth-order valence-corrected chi connectivity index (χ4v) is 5.91. The van der Waals surface area contributed by atoms with E-state index < -0.39 is 9.84 Å². The summed E-state index contributed by atoms with van der Waals surface area (Å²) in [7, 11) is -1.20. The van der Waals surface area contributed by atoms with Crippen molar-refractivity contribution in [3.63, 3.8) is 0 Å². The molecule has 3 rings (SSSR count). The van der Waals surface area contributed by atoms with E-state index in [2.05, 4.69) is 5.10 Å². The monoisotopic (exact) mass is 407 g/mol. The molecule has 1 fully saturated rings. The number of aromatic nitrogens is 2. The number of nitrogens with zero attached hydrogens (tertiary/aromatic N) is 3. The van der Waals surface area contributed by atoms with Crippen molar-refractivity contribution in [3.8, 4) is 0 Å². The molecule has 2 aromatic rings. The van der Waals surface area contributed by atoms with Crippen molar-refractivity contribution < 1.29 is 13.2 Å². The van der Waals surface area contributed by atoms with Gasteiger partial charge < -0.3 is 4.90 Å². The highest BCUT2D eigenvalue weighted by atomic mass is 32.2. The lowest BCUT2D eigenvalue weighted by Gasteiger charge is -2.16. The van der Waals surface area contributed by atoms with E-state index in [-0.39, 0.29) is 23.5 Å². The molecular formula is C19H25N3O3S2. The minimum Gasteiger partial charge on any atom is -0.338 e. The van der Waals surface area contributed by atoms with Crippen LogP contribution in [-0.2, 0) is 21.2 Å². The molecule has 3 heterocycles. The van der Waals surface area contributed by atoms with Crippen molar-refractivity contribution in [1.82, 2.24) is 14.7 Å². The molecule has 0 unspecified atom stereocenters. The maximum absolute atomic E-state index is 12.5. The average molecular weight is 408 g/mol. The Morgan fingerprint density at radius 1 is 1.41 bits per heavy atom. The van der Waals surface area contributed by atoms with E-state index in [0.717, 1.165) is 27.4 Å². The lowest BCUT2D eigenvalue weighted by molar-refractivity contribution is -0.125. The molecule has 1 amide bonds. The smallest absolute Gasteiger partial charge is 0.246 e. The number of aryl methyl sites for hydroxylation is 2. The van der Waals surface area contributed by atoms with Crippen LogP contribution in [-0.4, -0.2) is 47.6 Å². The summed E-state index contributed by atoms with van der Waals surface area (Å²) in [5, 5.41) is 6.57. The largest absolute Gasteiger partial charge is 0.338 e. The van der Waals surface area contributed by atoms with Gasteiger partial charge in [-0.2, -0.15) is 5.10 Å². The first-order valence-corrected chi connectivity index (χ1v) is 11.6. The van der Waals surface area contributed by atoms with Crippen LogP contribution in [0.1, 0.15) is 39.9 Å². The standard InChI is InChI=1S/C19H25N3O3S2/c1-13-7-9-26-18(13)5-6-19(23)21(4)11-17-14(2)20-22(15(17)3)16-8-10-27(24,25)12-16/h5-7,9,16H,8,10-12H2,1-4H3/b6-5+/t16-/m1/s1. The van der Waals surface area contributed by atoms with Crippen LogP contribution in [0.3, 0.4) is 0 Å². The lowest BCUT2D eigenvalue weighted by Crippen LogP contribution is -2.24. The van der Waals surface area contributed by atoms with Crippen molar-refractivity contribution in [2.45, 2.75) is 39.8 Å². The number of carbonyl (C=O) groups excluding carboxylic acids is 1. The van der Waals surface area contributed by atoms with Gasteiger partial charge in [-0.1, -0.05) is 0 Å². The molecule has 1 saturated heterocycles. The predicted octanol–water partition coefficient (Wildman–Crippen LogP) is 2.90. The second-order valence-corrected chi connectivity index (χ2v) is 10.3. The van der Waals surface area contributed by atoms with Crippen molar-refractivity contribution >= 4 is 33.2 Å². The van der Waals surface area contributed by atoms with Gasteiger partial charge in [0.2, 0.25) is 5.91 Å². The van der Waals surface area contributed by atoms with E-state index in [1.165, 1.54) is 0 Å². The van der Waals surface area contributed by atoms with Crippen LogP contribution in [0.5, 0.6) is 0 Å². The molecule has 0 saturated carbocycles. The highest BCUT2D eigenvalue weighted by Gasteiger charge is 2.31. The normalized spacial score (nSPS) is 19.0. The maximum Gasteiger partial charge on any atom is 0.246 e. The summed E-state index contributed by atoms with van der Waals surface area (Å²) in [6.45, 7) is 6.33. The summed E-state index contributed by atoms with van der Waals surface area (Å²) in [5.74, 6) is 0.292. The SMILES string of the molecule is Cc1ccsc1/C=C/C(=O)N(C)Cc1c(C)nn([C@@H]2CCS(=O)(=O)C2)c1C. The van der Waals surface area contributed by atoms with Crippen LogP contribution < -0.4 is 0 Å². The quantitative estimate of drug-likeness (QED) is 0.715. The Morgan fingerprint density at radius 2 is 2.15 bits per heavy atom. The van der Waals surface area contributed by atoms with Crippen LogP contribution >= 0.6 is 11.3 Å². The van der Waals surface area contributed by atoms with Crippen molar-refractivity contribution in [2.75, 3.05) is 18.6 Å². The van der Waals surface area contributed by atoms with E-state index in [0.29, 0.717) is 13.0 Å².